The molecule has 3 nitrogen and oxygen atoms in total. The van der Waals surface area contributed by atoms with Crippen molar-refractivity contribution in [2.24, 2.45) is 0 Å². The van der Waals surface area contributed by atoms with Gasteiger partial charge >= 0.3 is 5.97 Å². The van der Waals surface area contributed by atoms with Crippen LogP contribution < -0.4 is 5.32 Å². The number of hydrogen-bond donors (Lipinski definition) is 1. The van der Waals surface area contributed by atoms with E-state index in [9.17, 15) is 4.79 Å². The Bertz CT molecular complexity index is 379. The summed E-state index contributed by atoms with van der Waals surface area (Å²) in [6.07, 6.45) is 0. The maximum absolute atomic E-state index is 11.9. The quantitative estimate of drug-likeness (QED) is 0.822. The molecule has 1 rings (SSSR count). The first-order chi connectivity index (χ1) is 8.04. The molecule has 0 amide bonds. The first kappa shape index (κ1) is 14.0. The van der Waals surface area contributed by atoms with E-state index in [1.807, 2.05) is 26.0 Å². The zero-order valence-corrected chi connectivity index (χ0v) is 11.1. The van der Waals surface area contributed by atoms with Gasteiger partial charge in [-0.1, -0.05) is 23.7 Å². The van der Waals surface area contributed by atoms with Crippen molar-refractivity contribution < 1.29 is 9.53 Å². The molecule has 0 bridgehead atoms. The van der Waals surface area contributed by atoms with Crippen LogP contribution in [0.3, 0.4) is 0 Å². The van der Waals surface area contributed by atoms with Gasteiger partial charge in [-0.3, -0.25) is 5.32 Å². The molecule has 4 heteroatoms. The molecular formula is C13H18ClNO2. The first-order valence-electron chi connectivity index (χ1n) is 5.72. The van der Waals surface area contributed by atoms with Crippen LogP contribution in [0.15, 0.2) is 24.3 Å². The number of carbonyl (C=O) groups excluding carboxylic acids is 1. The van der Waals surface area contributed by atoms with Gasteiger partial charge in [0.1, 0.15) is 6.04 Å². The summed E-state index contributed by atoms with van der Waals surface area (Å²) in [4.78, 5) is 11.9. The summed E-state index contributed by atoms with van der Waals surface area (Å²) in [6, 6.07) is 6.97. The van der Waals surface area contributed by atoms with Crippen LogP contribution in [0.5, 0.6) is 0 Å². The molecule has 1 aromatic rings. The minimum absolute atomic E-state index is 0.184. The molecule has 1 N–H and O–H groups in total. The Labute approximate surface area is 107 Å². The summed E-state index contributed by atoms with van der Waals surface area (Å²) in [5, 5.41) is 3.79. The molecule has 0 saturated carbocycles. The summed E-state index contributed by atoms with van der Waals surface area (Å²) < 4.78 is 5.05. The molecule has 94 valence electrons. The first-order valence-corrected chi connectivity index (χ1v) is 6.10. The van der Waals surface area contributed by atoms with E-state index in [2.05, 4.69) is 5.32 Å². The van der Waals surface area contributed by atoms with Crippen LogP contribution in [0.1, 0.15) is 32.4 Å². The van der Waals surface area contributed by atoms with Crippen LogP contribution in [0.2, 0.25) is 5.02 Å². The van der Waals surface area contributed by atoms with Gasteiger partial charge in [-0.05, 0) is 38.5 Å². The van der Waals surface area contributed by atoms with E-state index >= 15 is 0 Å². The van der Waals surface area contributed by atoms with E-state index in [1.165, 1.54) is 0 Å². The lowest BCUT2D eigenvalue weighted by molar-refractivity contribution is -0.146. The maximum atomic E-state index is 11.9. The molecule has 1 atom stereocenters. The Morgan fingerprint density at radius 1 is 1.47 bits per heavy atom. The molecule has 1 unspecified atom stereocenters. The van der Waals surface area contributed by atoms with Crippen LogP contribution in [0.4, 0.5) is 0 Å². The van der Waals surface area contributed by atoms with Gasteiger partial charge in [0.2, 0.25) is 0 Å². The van der Waals surface area contributed by atoms with Crippen molar-refractivity contribution in [1.82, 2.24) is 5.32 Å². The highest BCUT2D eigenvalue weighted by Gasteiger charge is 2.22. The molecular weight excluding hydrogens is 238 g/mol. The number of carbonyl (C=O) groups is 1. The van der Waals surface area contributed by atoms with Crippen LogP contribution in [-0.4, -0.2) is 18.6 Å². The highest BCUT2D eigenvalue weighted by molar-refractivity contribution is 6.30. The fourth-order valence-corrected chi connectivity index (χ4v) is 1.74. The molecule has 0 fully saturated rings. The zero-order valence-electron chi connectivity index (χ0n) is 10.4. The van der Waals surface area contributed by atoms with Gasteiger partial charge in [-0.2, -0.15) is 0 Å². The Morgan fingerprint density at radius 3 is 2.71 bits per heavy atom. The average Bonchev–Trinajstić information content (AvgIpc) is 2.26. The molecule has 0 radical (unpaired) electrons. The third kappa shape index (κ3) is 4.36. The number of halogens is 1. The van der Waals surface area contributed by atoms with Crippen molar-refractivity contribution in [2.45, 2.75) is 32.9 Å². The number of ether oxygens (including phenoxy) is 1. The topological polar surface area (TPSA) is 38.3 Å². The molecule has 17 heavy (non-hydrogen) atoms. The molecule has 0 aliphatic rings. The third-order valence-electron chi connectivity index (χ3n) is 2.20. The standard InChI is InChI=1S/C13H18ClNO2/c1-4-17-13(16)12(15-9(2)3)10-6-5-7-11(14)8-10/h5-9,12,15H,4H2,1-3H3. The minimum atomic E-state index is -0.464. The van der Waals surface area contributed by atoms with Gasteiger partial charge in [0.05, 0.1) is 6.61 Å². The normalized spacial score (nSPS) is 12.5. The summed E-state index contributed by atoms with van der Waals surface area (Å²) in [5.74, 6) is -0.275. The lowest BCUT2D eigenvalue weighted by Crippen LogP contribution is -2.34. The van der Waals surface area contributed by atoms with Crippen molar-refractivity contribution in [2.75, 3.05) is 6.61 Å². The maximum Gasteiger partial charge on any atom is 0.327 e. The molecule has 0 saturated heterocycles. The summed E-state index contributed by atoms with van der Waals surface area (Å²) in [7, 11) is 0. The Balaban J connectivity index is 2.93. The van der Waals surface area contributed by atoms with Crippen molar-refractivity contribution in [3.63, 3.8) is 0 Å². The molecule has 1 aromatic carbocycles. The number of rotatable bonds is 5. The van der Waals surface area contributed by atoms with Gasteiger partial charge < -0.3 is 4.74 Å². The fourth-order valence-electron chi connectivity index (χ4n) is 1.55. The highest BCUT2D eigenvalue weighted by Crippen LogP contribution is 2.19. The number of nitrogens with one attached hydrogen (secondary N) is 1. The van der Waals surface area contributed by atoms with E-state index in [1.54, 1.807) is 19.1 Å². The second-order valence-corrected chi connectivity index (χ2v) is 4.50. The molecule has 0 aliphatic carbocycles. The average molecular weight is 256 g/mol. The van der Waals surface area contributed by atoms with E-state index in [0.717, 1.165) is 5.56 Å². The largest absolute Gasteiger partial charge is 0.465 e. The van der Waals surface area contributed by atoms with Crippen LogP contribution in [0.25, 0.3) is 0 Å². The Morgan fingerprint density at radius 2 is 2.18 bits per heavy atom. The van der Waals surface area contributed by atoms with Crippen LogP contribution in [0, 0.1) is 0 Å². The van der Waals surface area contributed by atoms with E-state index in [4.69, 9.17) is 16.3 Å². The van der Waals surface area contributed by atoms with Crippen molar-refractivity contribution in [1.29, 1.82) is 0 Å². The summed E-state index contributed by atoms with van der Waals surface area (Å²) >= 11 is 5.93. The predicted molar refractivity (Wildman–Crippen MR) is 69.1 cm³/mol. The van der Waals surface area contributed by atoms with Crippen LogP contribution in [-0.2, 0) is 9.53 Å². The summed E-state index contributed by atoms with van der Waals surface area (Å²) in [6.45, 7) is 6.13. The third-order valence-corrected chi connectivity index (χ3v) is 2.44. The minimum Gasteiger partial charge on any atom is -0.465 e. The second-order valence-electron chi connectivity index (χ2n) is 4.06. The number of hydrogen-bond acceptors (Lipinski definition) is 3. The van der Waals surface area contributed by atoms with Gasteiger partial charge in [-0.15, -0.1) is 0 Å². The van der Waals surface area contributed by atoms with E-state index < -0.39 is 6.04 Å². The highest BCUT2D eigenvalue weighted by atomic mass is 35.5. The lowest BCUT2D eigenvalue weighted by Gasteiger charge is -2.20. The molecule has 0 aromatic heterocycles. The van der Waals surface area contributed by atoms with Gasteiger partial charge in [0, 0.05) is 11.1 Å². The Hall–Kier alpha value is -1.06. The van der Waals surface area contributed by atoms with E-state index in [-0.39, 0.29) is 12.0 Å². The van der Waals surface area contributed by atoms with Crippen LogP contribution >= 0.6 is 11.6 Å². The second kappa shape index (κ2) is 6.62. The monoisotopic (exact) mass is 255 g/mol. The fraction of sp³-hybridized carbons (Fsp3) is 0.462. The van der Waals surface area contributed by atoms with Gasteiger partial charge in [0.25, 0.3) is 0 Å². The van der Waals surface area contributed by atoms with Crippen molar-refractivity contribution in [3.05, 3.63) is 34.9 Å². The van der Waals surface area contributed by atoms with E-state index in [0.29, 0.717) is 11.6 Å². The van der Waals surface area contributed by atoms with Crippen molar-refractivity contribution in [3.8, 4) is 0 Å². The number of esters is 1. The Kier molecular flexibility index (Phi) is 5.45. The predicted octanol–water partition coefficient (Wildman–Crippen LogP) is 2.94. The van der Waals surface area contributed by atoms with Crippen molar-refractivity contribution >= 4 is 17.6 Å². The molecule has 0 heterocycles. The zero-order chi connectivity index (χ0) is 12.8. The molecule has 0 aliphatic heterocycles. The van der Waals surface area contributed by atoms with Gasteiger partial charge in [0.15, 0.2) is 0 Å². The number of benzene rings is 1. The molecule has 0 spiro atoms. The summed E-state index contributed by atoms with van der Waals surface area (Å²) in [5.41, 5.74) is 0.824. The van der Waals surface area contributed by atoms with Gasteiger partial charge in [-0.25, -0.2) is 4.79 Å². The lowest BCUT2D eigenvalue weighted by atomic mass is 10.1. The SMILES string of the molecule is CCOC(=O)C(NC(C)C)c1cccc(Cl)c1. The smallest absolute Gasteiger partial charge is 0.327 e.